The van der Waals surface area contributed by atoms with Crippen LogP contribution in [0, 0.1) is 0 Å². The molecule has 2 fully saturated rings. The quantitative estimate of drug-likeness (QED) is 0.465. The highest BCUT2D eigenvalue weighted by molar-refractivity contribution is 5.78. The molecule has 1 aromatic carbocycles. The molecule has 2 N–H and O–H groups in total. The second-order valence-electron chi connectivity index (χ2n) is 7.07. The van der Waals surface area contributed by atoms with Crippen LogP contribution in [0.2, 0.25) is 0 Å². The van der Waals surface area contributed by atoms with Gasteiger partial charge in [0.15, 0.2) is 5.96 Å². The molecule has 3 rings (SSSR count). The highest BCUT2D eigenvalue weighted by atomic mass is 19.4. The Kier molecular flexibility index (Phi) is 7.01. The number of guanidine groups is 1. The molecular formula is C19H28F3N5O. The summed E-state index contributed by atoms with van der Waals surface area (Å²) in [4.78, 5) is 10.8. The zero-order valence-electron chi connectivity index (χ0n) is 16.0. The standard InChI is InChI=1S/C19H28F3N5O/c20-19(21,22)16-3-1-4-17(15-16)26-9-7-25(8-10-26)6-2-5-24-18(23)27-11-13-28-14-12-27/h1,3-4,15H,2,5-14H2,(H2,23,24). The molecule has 1 aromatic rings. The fourth-order valence-electron chi connectivity index (χ4n) is 3.49. The topological polar surface area (TPSA) is 57.3 Å². The maximum Gasteiger partial charge on any atom is 0.416 e. The molecule has 6 nitrogen and oxygen atoms in total. The van der Waals surface area contributed by atoms with E-state index in [0.717, 1.165) is 58.3 Å². The van der Waals surface area contributed by atoms with Crippen LogP contribution in [0.3, 0.4) is 0 Å². The van der Waals surface area contributed by atoms with Crippen LogP contribution >= 0.6 is 0 Å². The Morgan fingerprint density at radius 1 is 1.07 bits per heavy atom. The number of nitrogens with zero attached hydrogens (tertiary/aromatic N) is 4. The lowest BCUT2D eigenvalue weighted by molar-refractivity contribution is -0.137. The third-order valence-corrected chi connectivity index (χ3v) is 5.15. The van der Waals surface area contributed by atoms with Gasteiger partial charge in [0.2, 0.25) is 0 Å². The number of hydrogen-bond donors (Lipinski definition) is 1. The van der Waals surface area contributed by atoms with Gasteiger partial charge >= 0.3 is 6.18 Å². The SMILES string of the molecule is NC(=NCCCN1CCN(c2cccc(C(F)(F)F)c2)CC1)N1CCOCC1. The number of nitrogens with two attached hydrogens (primary N) is 1. The zero-order valence-corrected chi connectivity index (χ0v) is 16.0. The Balaban J connectivity index is 1.40. The van der Waals surface area contributed by atoms with Gasteiger partial charge < -0.3 is 20.3 Å². The van der Waals surface area contributed by atoms with Crippen molar-refractivity contribution in [2.45, 2.75) is 12.6 Å². The summed E-state index contributed by atoms with van der Waals surface area (Å²) >= 11 is 0. The molecule has 2 saturated heterocycles. The van der Waals surface area contributed by atoms with Gasteiger partial charge in [-0.15, -0.1) is 0 Å². The number of hydrogen-bond acceptors (Lipinski definition) is 4. The third-order valence-electron chi connectivity index (χ3n) is 5.15. The lowest BCUT2D eigenvalue weighted by Crippen LogP contribution is -2.47. The molecule has 0 atom stereocenters. The van der Waals surface area contributed by atoms with Crippen LogP contribution in [-0.4, -0.2) is 81.3 Å². The minimum Gasteiger partial charge on any atom is -0.378 e. The van der Waals surface area contributed by atoms with Gasteiger partial charge in [-0.3, -0.25) is 9.89 Å². The zero-order chi connectivity index (χ0) is 20.0. The van der Waals surface area contributed by atoms with E-state index in [1.54, 1.807) is 6.07 Å². The molecule has 0 unspecified atom stereocenters. The van der Waals surface area contributed by atoms with Crippen molar-refractivity contribution in [1.82, 2.24) is 9.80 Å². The van der Waals surface area contributed by atoms with Crippen LogP contribution in [0.4, 0.5) is 18.9 Å². The van der Waals surface area contributed by atoms with Crippen LogP contribution in [0.15, 0.2) is 29.3 Å². The number of piperazine rings is 1. The van der Waals surface area contributed by atoms with E-state index in [9.17, 15) is 13.2 Å². The van der Waals surface area contributed by atoms with Crippen LogP contribution in [0.1, 0.15) is 12.0 Å². The summed E-state index contributed by atoms with van der Waals surface area (Å²) in [6.07, 6.45) is -3.39. The Labute approximate surface area is 163 Å². The van der Waals surface area contributed by atoms with Crippen molar-refractivity contribution < 1.29 is 17.9 Å². The Hall–Kier alpha value is -2.00. The summed E-state index contributed by atoms with van der Waals surface area (Å²) in [7, 11) is 0. The Morgan fingerprint density at radius 2 is 1.79 bits per heavy atom. The number of alkyl halides is 3. The van der Waals surface area contributed by atoms with Gasteiger partial charge in [-0.05, 0) is 24.6 Å². The van der Waals surface area contributed by atoms with E-state index >= 15 is 0 Å². The maximum atomic E-state index is 12.9. The number of anilines is 1. The first kappa shape index (κ1) is 20.7. The first-order valence-electron chi connectivity index (χ1n) is 9.70. The van der Waals surface area contributed by atoms with Gasteiger partial charge in [-0.25, -0.2) is 0 Å². The summed E-state index contributed by atoms with van der Waals surface area (Å²) < 4.78 is 44.0. The van der Waals surface area contributed by atoms with Crippen LogP contribution in [0.25, 0.3) is 0 Å². The monoisotopic (exact) mass is 399 g/mol. The van der Waals surface area contributed by atoms with Crippen molar-refractivity contribution >= 4 is 11.6 Å². The molecule has 156 valence electrons. The lowest BCUT2D eigenvalue weighted by Gasteiger charge is -2.36. The van der Waals surface area contributed by atoms with Crippen molar-refractivity contribution in [3.8, 4) is 0 Å². The number of rotatable bonds is 5. The van der Waals surface area contributed by atoms with Gasteiger partial charge in [-0.2, -0.15) is 13.2 Å². The number of aliphatic imine (C=N–C) groups is 1. The van der Waals surface area contributed by atoms with Crippen molar-refractivity contribution in [2.75, 3.05) is 70.5 Å². The van der Waals surface area contributed by atoms with Crippen molar-refractivity contribution in [1.29, 1.82) is 0 Å². The molecule has 0 bridgehead atoms. The summed E-state index contributed by atoms with van der Waals surface area (Å²) in [5, 5.41) is 0. The van der Waals surface area contributed by atoms with E-state index in [0.29, 0.717) is 31.4 Å². The number of benzene rings is 1. The van der Waals surface area contributed by atoms with Gasteiger partial charge in [0.05, 0.1) is 18.8 Å². The smallest absolute Gasteiger partial charge is 0.378 e. The van der Waals surface area contributed by atoms with Crippen molar-refractivity contribution in [3.63, 3.8) is 0 Å². The molecule has 0 aliphatic carbocycles. The predicted octanol–water partition coefficient (Wildman–Crippen LogP) is 1.86. The summed E-state index contributed by atoms with van der Waals surface area (Å²) in [6, 6.07) is 5.57. The fourth-order valence-corrected chi connectivity index (χ4v) is 3.49. The lowest BCUT2D eigenvalue weighted by atomic mass is 10.1. The van der Waals surface area contributed by atoms with Crippen LogP contribution < -0.4 is 10.6 Å². The van der Waals surface area contributed by atoms with E-state index in [2.05, 4.69) is 9.89 Å². The first-order valence-corrected chi connectivity index (χ1v) is 9.70. The van der Waals surface area contributed by atoms with Crippen molar-refractivity contribution in [3.05, 3.63) is 29.8 Å². The second kappa shape index (κ2) is 9.47. The Bertz CT molecular complexity index is 653. The highest BCUT2D eigenvalue weighted by Crippen LogP contribution is 2.31. The molecule has 9 heteroatoms. The molecule has 2 heterocycles. The minimum atomic E-state index is -4.30. The minimum absolute atomic E-state index is 0.581. The third kappa shape index (κ3) is 5.75. The Morgan fingerprint density at radius 3 is 2.46 bits per heavy atom. The van der Waals surface area contributed by atoms with Gasteiger partial charge in [0.25, 0.3) is 0 Å². The summed E-state index contributed by atoms with van der Waals surface area (Å²) in [5.74, 6) is 0.581. The molecule has 2 aliphatic heterocycles. The van der Waals surface area contributed by atoms with Gasteiger partial charge in [-0.1, -0.05) is 6.07 Å². The molecule has 28 heavy (non-hydrogen) atoms. The van der Waals surface area contributed by atoms with Crippen molar-refractivity contribution in [2.24, 2.45) is 10.7 Å². The van der Waals surface area contributed by atoms with Crippen LogP contribution in [-0.2, 0) is 10.9 Å². The first-order chi connectivity index (χ1) is 13.4. The van der Waals surface area contributed by atoms with E-state index in [1.807, 2.05) is 9.80 Å². The van der Waals surface area contributed by atoms with E-state index in [-0.39, 0.29) is 0 Å². The highest BCUT2D eigenvalue weighted by Gasteiger charge is 2.31. The number of halogens is 3. The molecule has 0 saturated carbocycles. The van der Waals surface area contributed by atoms with E-state index < -0.39 is 11.7 Å². The molecular weight excluding hydrogens is 371 g/mol. The van der Waals surface area contributed by atoms with Crippen LogP contribution in [0.5, 0.6) is 0 Å². The molecule has 0 aromatic heterocycles. The maximum absolute atomic E-state index is 12.9. The summed E-state index contributed by atoms with van der Waals surface area (Å²) in [5.41, 5.74) is 6.06. The van der Waals surface area contributed by atoms with E-state index in [4.69, 9.17) is 10.5 Å². The predicted molar refractivity (Wildman–Crippen MR) is 104 cm³/mol. The average Bonchev–Trinajstić information content (AvgIpc) is 2.71. The average molecular weight is 399 g/mol. The number of ether oxygens (including phenoxy) is 1. The van der Waals surface area contributed by atoms with Gasteiger partial charge in [0, 0.05) is 58.0 Å². The molecule has 2 aliphatic rings. The molecule has 0 spiro atoms. The normalized spacial score (nSPS) is 19.9. The molecule has 0 amide bonds. The van der Waals surface area contributed by atoms with E-state index in [1.165, 1.54) is 12.1 Å². The van der Waals surface area contributed by atoms with Gasteiger partial charge in [0.1, 0.15) is 0 Å². The molecule has 0 radical (unpaired) electrons. The fraction of sp³-hybridized carbons (Fsp3) is 0.632. The second-order valence-corrected chi connectivity index (χ2v) is 7.07. The summed E-state index contributed by atoms with van der Waals surface area (Å²) in [6.45, 7) is 7.64. The number of morpholine rings is 1. The largest absolute Gasteiger partial charge is 0.416 e.